The second kappa shape index (κ2) is 8.83. The Morgan fingerprint density at radius 2 is 1.88 bits per heavy atom. The number of H-pyrrole nitrogens is 1. The van der Waals surface area contributed by atoms with Crippen LogP contribution in [0, 0.1) is 6.92 Å². The van der Waals surface area contributed by atoms with Gasteiger partial charge in [0.05, 0.1) is 12.9 Å². The average Bonchev–Trinajstić information content (AvgIpc) is 3.12. The molecule has 3 heterocycles. The molecule has 2 aromatic rings. The van der Waals surface area contributed by atoms with Crippen LogP contribution in [0.5, 0.6) is 0 Å². The van der Waals surface area contributed by atoms with Gasteiger partial charge >= 0.3 is 15.6 Å². The third kappa shape index (κ3) is 5.80. The number of aromatic amines is 1. The van der Waals surface area contributed by atoms with E-state index in [-0.39, 0.29) is 17.0 Å². The summed E-state index contributed by atoms with van der Waals surface area (Å²) in [5, 5.41) is 20.6. The van der Waals surface area contributed by atoms with Crippen LogP contribution in [0.15, 0.2) is 11.1 Å². The molecule has 2 aromatic heterocycles. The van der Waals surface area contributed by atoms with Gasteiger partial charge in [0.15, 0.2) is 17.4 Å². The van der Waals surface area contributed by atoms with E-state index in [1.165, 1.54) is 11.5 Å². The minimum absolute atomic E-state index is 0.0456. The molecule has 0 spiro atoms. The normalized spacial score (nSPS) is 27.9. The summed E-state index contributed by atoms with van der Waals surface area (Å²) in [6.07, 6.45) is -4.63. The molecule has 178 valence electrons. The maximum absolute atomic E-state index is 12.2. The number of rotatable bonds is 8. The van der Waals surface area contributed by atoms with Crippen LogP contribution < -0.4 is 5.56 Å². The molecule has 1 aliphatic heterocycles. The zero-order valence-corrected chi connectivity index (χ0v) is 19.0. The third-order valence-corrected chi connectivity index (χ3v) is 8.40. The van der Waals surface area contributed by atoms with E-state index in [0.29, 0.717) is 7.57 Å². The van der Waals surface area contributed by atoms with Gasteiger partial charge in [-0.25, -0.2) is 23.4 Å². The van der Waals surface area contributed by atoms with E-state index in [0.717, 1.165) is 6.33 Å². The third-order valence-electron chi connectivity index (χ3n) is 4.10. The Hall–Kier alpha value is -1.26. The van der Waals surface area contributed by atoms with Gasteiger partial charge in [0.1, 0.15) is 24.1 Å². The Labute approximate surface area is 179 Å². The van der Waals surface area contributed by atoms with Crippen molar-refractivity contribution in [2.75, 3.05) is 6.61 Å². The maximum atomic E-state index is 12.2. The smallest absolute Gasteiger partial charge is 0.387 e. The number of aromatic nitrogens is 4. The van der Waals surface area contributed by atoms with Crippen LogP contribution in [0.4, 0.5) is 0 Å². The number of aliphatic hydroxyl groups excluding tert-OH is 2. The van der Waals surface area contributed by atoms with E-state index in [1.54, 1.807) is 0 Å². The van der Waals surface area contributed by atoms with Crippen molar-refractivity contribution in [1.29, 1.82) is 0 Å². The van der Waals surface area contributed by atoms with Crippen LogP contribution in [0.2, 0.25) is 0 Å². The molecular formula is C11H18BN4O13P3. The van der Waals surface area contributed by atoms with Crippen molar-refractivity contribution >= 4 is 41.8 Å². The van der Waals surface area contributed by atoms with Gasteiger partial charge in [-0.2, -0.15) is 4.31 Å². The first-order chi connectivity index (χ1) is 14.6. The number of hydrogen-bond acceptors (Lipinski definition) is 12. The van der Waals surface area contributed by atoms with Gasteiger partial charge in [0, 0.05) is 0 Å². The number of fused-ring (bicyclic) bond motifs is 1. The lowest BCUT2D eigenvalue weighted by molar-refractivity contribution is -0.0479. The van der Waals surface area contributed by atoms with Crippen molar-refractivity contribution in [2.24, 2.45) is 0 Å². The minimum Gasteiger partial charge on any atom is -0.387 e. The molecule has 21 heteroatoms. The van der Waals surface area contributed by atoms with Crippen LogP contribution in [-0.2, 0) is 31.6 Å². The second-order valence-corrected chi connectivity index (χ2v) is 11.7. The summed E-state index contributed by atoms with van der Waals surface area (Å²) in [5.74, 6) is 0.257. The fourth-order valence-electron chi connectivity index (χ4n) is 2.89. The number of nitrogens with one attached hydrogen (secondary N) is 1. The predicted octanol–water partition coefficient (Wildman–Crippen LogP) is -1.97. The van der Waals surface area contributed by atoms with E-state index in [9.17, 15) is 33.6 Å². The van der Waals surface area contributed by atoms with Crippen molar-refractivity contribution in [2.45, 2.75) is 31.5 Å². The highest BCUT2D eigenvalue weighted by Gasteiger charge is 2.46. The first-order valence-corrected chi connectivity index (χ1v) is 13.6. The number of phosphoric acid groups is 2. The van der Waals surface area contributed by atoms with E-state index in [1.807, 2.05) is 0 Å². The van der Waals surface area contributed by atoms with E-state index in [2.05, 4.69) is 23.6 Å². The summed E-state index contributed by atoms with van der Waals surface area (Å²) < 4.78 is 53.7. The largest absolute Gasteiger partial charge is 0.487 e. The lowest BCUT2D eigenvalue weighted by Crippen LogP contribution is -2.33. The summed E-state index contributed by atoms with van der Waals surface area (Å²) in [4.78, 5) is 48.9. The second-order valence-electron chi connectivity index (χ2n) is 6.71. The Balaban J connectivity index is 1.72. The molecule has 0 aliphatic carbocycles. The van der Waals surface area contributed by atoms with Crippen LogP contribution in [0.25, 0.3) is 11.2 Å². The monoisotopic (exact) mass is 518 g/mol. The van der Waals surface area contributed by atoms with E-state index >= 15 is 0 Å². The Kier molecular flexibility index (Phi) is 7.00. The van der Waals surface area contributed by atoms with Gasteiger partial charge in [0.2, 0.25) is 0 Å². The van der Waals surface area contributed by atoms with Crippen LogP contribution in [-0.4, -0.2) is 76.9 Å². The SMILES string of the molecule is BP(=O)(OC[C@H]1O[C@@H](n2cnc3c(=O)[nH]c(C)nc32)C(O)[C@H]1O)OP(=O)(O)OP(=O)(O)O. The van der Waals surface area contributed by atoms with Gasteiger partial charge in [0.25, 0.3) is 20.6 Å². The van der Waals surface area contributed by atoms with Gasteiger partial charge in [-0.15, -0.1) is 0 Å². The zero-order chi connectivity index (χ0) is 24.1. The molecule has 0 radical (unpaired) electrons. The van der Waals surface area contributed by atoms with E-state index in [4.69, 9.17) is 19.0 Å². The van der Waals surface area contributed by atoms with Crippen molar-refractivity contribution in [3.8, 4) is 0 Å². The fraction of sp³-hybridized carbons (Fsp3) is 0.545. The Bertz CT molecular complexity index is 1210. The molecule has 3 unspecified atom stereocenters. The maximum Gasteiger partial charge on any atom is 0.487 e. The molecule has 6 N–H and O–H groups in total. The first kappa shape index (κ1) is 25.4. The highest BCUT2D eigenvalue weighted by molar-refractivity contribution is 7.84. The lowest BCUT2D eigenvalue weighted by Gasteiger charge is -2.21. The predicted molar refractivity (Wildman–Crippen MR) is 105 cm³/mol. The summed E-state index contributed by atoms with van der Waals surface area (Å²) in [7, 11) is -14.7. The quantitative estimate of drug-likeness (QED) is 0.164. The number of nitrogens with zero attached hydrogens (tertiary/aromatic N) is 3. The zero-order valence-electron chi connectivity index (χ0n) is 16.3. The van der Waals surface area contributed by atoms with Gasteiger partial charge in [-0.3, -0.25) is 13.9 Å². The molecule has 3 rings (SSSR count). The van der Waals surface area contributed by atoms with Gasteiger partial charge in [-0.1, -0.05) is 0 Å². The minimum atomic E-state index is -5.47. The topological polar surface area (TPSA) is 253 Å². The number of ether oxygens (including phenoxy) is 1. The summed E-state index contributed by atoms with van der Waals surface area (Å²) in [5.41, 5.74) is -0.519. The molecule has 32 heavy (non-hydrogen) atoms. The molecule has 1 saturated heterocycles. The highest BCUT2D eigenvalue weighted by Crippen LogP contribution is 2.66. The van der Waals surface area contributed by atoms with Crippen LogP contribution >= 0.6 is 23.1 Å². The number of aliphatic hydroxyl groups is 2. The number of aryl methyl sites for hydroxylation is 1. The molecule has 0 saturated carbocycles. The van der Waals surface area contributed by atoms with Crippen molar-refractivity contribution in [3.05, 3.63) is 22.5 Å². The Morgan fingerprint density at radius 1 is 1.22 bits per heavy atom. The molecule has 1 aliphatic rings. The summed E-state index contributed by atoms with van der Waals surface area (Å²) >= 11 is 0. The first-order valence-electron chi connectivity index (χ1n) is 8.57. The van der Waals surface area contributed by atoms with Crippen molar-refractivity contribution in [3.63, 3.8) is 0 Å². The number of imidazole rings is 1. The summed E-state index contributed by atoms with van der Waals surface area (Å²) in [6.45, 7) is 0.780. The van der Waals surface area contributed by atoms with Crippen molar-refractivity contribution < 1.29 is 56.5 Å². The van der Waals surface area contributed by atoms with Crippen LogP contribution in [0.1, 0.15) is 12.1 Å². The van der Waals surface area contributed by atoms with Gasteiger partial charge < -0.3 is 39.1 Å². The molecular weight excluding hydrogens is 500 g/mol. The highest BCUT2D eigenvalue weighted by atomic mass is 31.3. The lowest BCUT2D eigenvalue weighted by atomic mass is 10.1. The average molecular weight is 518 g/mol. The fourth-order valence-corrected chi connectivity index (χ4v) is 6.46. The summed E-state index contributed by atoms with van der Waals surface area (Å²) in [6, 6.07) is 0. The van der Waals surface area contributed by atoms with Gasteiger partial charge in [-0.05, 0) is 6.92 Å². The molecule has 1 fully saturated rings. The van der Waals surface area contributed by atoms with E-state index < -0.39 is 59.8 Å². The standard InChI is InChI=1S/C11H18BN4O13P3/c1-4-14-9-6(10(19)15-4)13-3-16(9)11-8(18)7(17)5(27-11)2-26-30(12,20)28-32(24,25)29-31(21,22)23/h3,5,7-8,11,17-18H,2,12H2,1H3,(H,24,25)(H,14,15,19)(H2,21,22,23)/t5-,7+,8?,11-,30?/m1/s1. The molecule has 17 nitrogen and oxygen atoms in total. The molecule has 0 bridgehead atoms. The molecule has 0 amide bonds. The van der Waals surface area contributed by atoms with Crippen molar-refractivity contribution in [1.82, 2.24) is 19.5 Å². The molecule has 6 atom stereocenters. The number of hydrogen-bond donors (Lipinski definition) is 6. The Morgan fingerprint density at radius 3 is 2.50 bits per heavy atom. The molecule has 0 aromatic carbocycles. The van der Waals surface area contributed by atoms with Crippen LogP contribution in [0.3, 0.4) is 0 Å².